The van der Waals surface area contributed by atoms with Crippen molar-refractivity contribution in [2.24, 2.45) is 63.9 Å². The van der Waals surface area contributed by atoms with Crippen molar-refractivity contribution in [2.75, 3.05) is 26.2 Å². The molecule has 60 heavy (non-hydrogen) atoms. The van der Waals surface area contributed by atoms with Crippen LogP contribution in [-0.4, -0.2) is 60.0 Å². The smallest absolute Gasteiger partial charge is 0.339 e. The summed E-state index contributed by atoms with van der Waals surface area (Å²) in [6.07, 6.45) is 19.0. The van der Waals surface area contributed by atoms with Crippen LogP contribution in [0.3, 0.4) is 0 Å². The molecule has 14 aliphatic rings. The first-order valence-corrected chi connectivity index (χ1v) is 24.3. The van der Waals surface area contributed by atoms with Crippen molar-refractivity contribution in [1.29, 1.82) is 0 Å². The van der Waals surface area contributed by atoms with Crippen LogP contribution >= 0.6 is 0 Å². The number of benzene rings is 2. The van der Waals surface area contributed by atoms with Crippen molar-refractivity contribution < 1.29 is 19.1 Å². The number of carbonyl (C=O) groups is 2. The zero-order valence-electron chi connectivity index (χ0n) is 35.8. The topological polar surface area (TPSA) is 85.1 Å². The summed E-state index contributed by atoms with van der Waals surface area (Å²) in [5, 5.41) is 0. The van der Waals surface area contributed by atoms with Gasteiger partial charge in [0.1, 0.15) is 11.2 Å². The van der Waals surface area contributed by atoms with Crippen molar-refractivity contribution >= 4 is 11.9 Å². The van der Waals surface area contributed by atoms with Crippen LogP contribution in [0.25, 0.3) is 0 Å². The van der Waals surface area contributed by atoms with Gasteiger partial charge in [-0.05, 0) is 155 Å². The van der Waals surface area contributed by atoms with Crippen LogP contribution in [0.1, 0.15) is 117 Å². The minimum Gasteiger partial charge on any atom is -0.449 e. The fourth-order valence-corrected chi connectivity index (χ4v) is 17.4. The number of esters is 2. The van der Waals surface area contributed by atoms with Gasteiger partial charge in [0, 0.05) is 54.8 Å². The lowest BCUT2D eigenvalue weighted by Gasteiger charge is -2.72. The number of aryl methyl sites for hydroxylation is 2. The number of carbonyl (C=O) groups excluding carboxylic acids is 2. The van der Waals surface area contributed by atoms with E-state index in [0.29, 0.717) is 54.1 Å². The van der Waals surface area contributed by atoms with E-state index in [1.807, 2.05) is 0 Å². The Kier molecular flexibility index (Phi) is 7.96. The molecule has 5 aliphatic carbocycles. The maximum Gasteiger partial charge on any atom is 0.339 e. The van der Waals surface area contributed by atoms with Gasteiger partial charge in [-0.2, -0.15) is 0 Å². The number of nitrogens with two attached hydrogens (primary N) is 1. The third-order valence-electron chi connectivity index (χ3n) is 19.4. The summed E-state index contributed by atoms with van der Waals surface area (Å²) in [4.78, 5) is 36.6. The quantitative estimate of drug-likeness (QED) is 0.246. The van der Waals surface area contributed by atoms with Gasteiger partial charge in [-0.1, -0.05) is 73.0 Å². The maximum absolute atomic E-state index is 16.0. The molecule has 2 aromatic carbocycles. The number of piperidine rings is 3. The minimum atomic E-state index is -0.965. The number of fused-ring (bicyclic) bond motifs is 7. The molecule has 0 radical (unpaired) electrons. The molecule has 9 aliphatic heterocycles. The molecule has 15 bridgehead atoms. The summed E-state index contributed by atoms with van der Waals surface area (Å²) in [6, 6.07) is 16.9. The van der Waals surface area contributed by atoms with Crippen LogP contribution in [0, 0.1) is 58.2 Å². The van der Waals surface area contributed by atoms with Gasteiger partial charge in [0.25, 0.3) is 0 Å². The second kappa shape index (κ2) is 12.9. The van der Waals surface area contributed by atoms with E-state index < -0.39 is 16.4 Å². The Morgan fingerprint density at radius 1 is 0.933 bits per heavy atom. The van der Waals surface area contributed by atoms with Gasteiger partial charge in [0.2, 0.25) is 0 Å². The molecule has 0 amide bonds. The van der Waals surface area contributed by atoms with E-state index in [2.05, 4.69) is 78.3 Å². The van der Waals surface area contributed by atoms with Gasteiger partial charge < -0.3 is 20.1 Å². The standard InChI is InChI=1S/C53H63N3O4/c1-30-15-17-43-48-39-19-20-51-45(26-36-16-18-42-38-24-34(27-55(43)29-38)28-56(42)31(36)2)59-50(58)52(51)41(39)25-37(46(30)48)23-33-10-5-9-32(22-33)8-3-4-14-44(52)53(51)40-13-6-11-35(12-7-21-54)47(40)49(57)60-53/h5-6,9-11,13,17,22,26,30-31,34,36-38,42,44,46,48H,3-4,7-8,12,14-16,18-21,23-25,27-29,54H2,1-2H3/b45-26-/t30-,31+,34-,36+,37-,38+,42+,44-,46+,48-,51+,52-,53+/m0/s1. The molecule has 0 aromatic heterocycles. The maximum atomic E-state index is 16.0. The molecule has 314 valence electrons. The highest BCUT2D eigenvalue weighted by atomic mass is 16.6. The molecule has 14 atom stereocenters. The van der Waals surface area contributed by atoms with Gasteiger partial charge in [-0.15, -0.1) is 0 Å². The summed E-state index contributed by atoms with van der Waals surface area (Å²) >= 11 is 0. The summed E-state index contributed by atoms with van der Waals surface area (Å²) in [6.45, 7) is 9.04. The minimum absolute atomic E-state index is 0.0436. The molecule has 5 fully saturated rings. The number of ether oxygens (including phenoxy) is 2. The normalized spacial score (nSPS) is 44.8. The zero-order valence-corrected chi connectivity index (χ0v) is 35.8. The molecule has 1 unspecified atom stereocenters. The Hall–Kier alpha value is -3.68. The Bertz CT molecular complexity index is 2310. The first kappa shape index (κ1) is 36.9. The summed E-state index contributed by atoms with van der Waals surface area (Å²) < 4.78 is 14.4. The fraction of sp³-hybridized carbons (Fsp3) is 0.623. The van der Waals surface area contributed by atoms with Crippen LogP contribution in [0.5, 0.6) is 0 Å². The molecule has 7 nitrogen and oxygen atoms in total. The molecule has 3 spiro atoms. The van der Waals surface area contributed by atoms with Crippen LogP contribution in [0.2, 0.25) is 0 Å². The van der Waals surface area contributed by atoms with Gasteiger partial charge in [0.15, 0.2) is 5.60 Å². The van der Waals surface area contributed by atoms with E-state index in [1.165, 1.54) is 29.5 Å². The number of rotatable bonds is 3. The molecular weight excluding hydrogens is 743 g/mol. The number of nitrogens with zero attached hydrogens (tertiary/aromatic N) is 2. The van der Waals surface area contributed by atoms with E-state index in [1.54, 1.807) is 11.3 Å². The van der Waals surface area contributed by atoms with Crippen molar-refractivity contribution in [1.82, 2.24) is 9.80 Å². The third kappa shape index (κ3) is 4.45. The van der Waals surface area contributed by atoms with Gasteiger partial charge in [0.05, 0.1) is 11.0 Å². The summed E-state index contributed by atoms with van der Waals surface area (Å²) in [7, 11) is 0. The SMILES string of the molecule is C[C@@H]1[C@H]2/C=C3\OC(=O)[C@@]45C6=C7CC[C@@]34[C@]3(OC(=O)c4c(CCCN)cccc43)[C@H]5CCCCc3cccc(c3)C[C@@H](C6)[C@@H]3[C@@H]7C(=CC[C@@H]3C)N3C[C@@H]4C[C@H](C3)[C@@H](CC2)N1C4. The Morgan fingerprint density at radius 3 is 2.72 bits per heavy atom. The largest absolute Gasteiger partial charge is 0.449 e. The predicted octanol–water partition coefficient (Wildman–Crippen LogP) is 8.66. The highest BCUT2D eigenvalue weighted by molar-refractivity contribution is 6.00. The van der Waals surface area contributed by atoms with Crippen LogP contribution in [-0.2, 0) is 39.1 Å². The van der Waals surface area contributed by atoms with Crippen LogP contribution in [0.4, 0.5) is 0 Å². The van der Waals surface area contributed by atoms with E-state index in [9.17, 15) is 4.79 Å². The lowest BCUT2D eigenvalue weighted by Crippen LogP contribution is -2.77. The lowest BCUT2D eigenvalue weighted by molar-refractivity contribution is -0.278. The first-order chi connectivity index (χ1) is 29.3. The van der Waals surface area contributed by atoms with E-state index in [4.69, 9.17) is 15.2 Å². The number of hydrogen-bond acceptors (Lipinski definition) is 7. The van der Waals surface area contributed by atoms with Crippen molar-refractivity contribution in [3.8, 4) is 0 Å². The summed E-state index contributed by atoms with van der Waals surface area (Å²) in [5.74, 6) is 3.80. The predicted molar refractivity (Wildman–Crippen MR) is 230 cm³/mol. The second-order valence-electron chi connectivity index (χ2n) is 21.7. The van der Waals surface area contributed by atoms with E-state index in [0.717, 1.165) is 119 Å². The highest BCUT2D eigenvalue weighted by Crippen LogP contribution is 2.87. The average molecular weight is 806 g/mol. The van der Waals surface area contributed by atoms with Gasteiger partial charge >= 0.3 is 11.9 Å². The van der Waals surface area contributed by atoms with Gasteiger partial charge in [-0.25, -0.2) is 4.79 Å². The van der Waals surface area contributed by atoms with E-state index in [-0.39, 0.29) is 23.8 Å². The number of allylic oxidation sites excluding steroid dienone is 2. The average Bonchev–Trinajstić information content (AvgIpc) is 3.69. The fourth-order valence-electron chi connectivity index (χ4n) is 17.4. The molecule has 7 heteroatoms. The van der Waals surface area contributed by atoms with Crippen LogP contribution in [0.15, 0.2) is 77.2 Å². The Morgan fingerprint density at radius 2 is 1.82 bits per heavy atom. The van der Waals surface area contributed by atoms with Gasteiger partial charge in [-0.3, -0.25) is 9.69 Å². The van der Waals surface area contributed by atoms with Crippen LogP contribution < -0.4 is 5.73 Å². The first-order valence-electron chi connectivity index (χ1n) is 24.3. The molecule has 9 heterocycles. The zero-order chi connectivity index (χ0) is 40.3. The monoisotopic (exact) mass is 805 g/mol. The van der Waals surface area contributed by atoms with E-state index >= 15 is 4.79 Å². The highest BCUT2D eigenvalue weighted by Gasteiger charge is 2.93. The Balaban J connectivity index is 1.10. The molecule has 2 aromatic rings. The molecule has 4 saturated heterocycles. The third-order valence-corrected chi connectivity index (χ3v) is 19.4. The number of hydrogen-bond donors (Lipinski definition) is 1. The van der Waals surface area contributed by atoms with Crippen molar-refractivity contribution in [3.63, 3.8) is 0 Å². The molecule has 16 rings (SSSR count). The molecular formula is C53H63N3O4. The van der Waals surface area contributed by atoms with Crippen molar-refractivity contribution in [2.45, 2.75) is 121 Å². The lowest BCUT2D eigenvalue weighted by atomic mass is 9.28. The molecule has 1 saturated carbocycles. The van der Waals surface area contributed by atoms with Crippen molar-refractivity contribution in [3.05, 3.63) is 105 Å². The Labute approximate surface area is 356 Å². The summed E-state index contributed by atoms with van der Waals surface area (Å²) in [5.41, 5.74) is 13.7. The molecule has 2 N–H and O–H groups in total. The second-order valence-corrected chi connectivity index (χ2v) is 21.7.